The molecule has 2 aromatic carbocycles. The largest absolute Gasteiger partial charge is 0.481 e. The minimum atomic E-state index is -0.956. The number of aromatic nitrogens is 1. The predicted molar refractivity (Wildman–Crippen MR) is 85.1 cm³/mol. The Labute approximate surface area is 139 Å². The molecule has 0 saturated heterocycles. The van der Waals surface area contributed by atoms with Crippen LogP contribution in [0.5, 0.6) is 0 Å². The van der Waals surface area contributed by atoms with E-state index in [1.807, 2.05) is 0 Å². The summed E-state index contributed by atoms with van der Waals surface area (Å²) in [5, 5.41) is 9.89. The van der Waals surface area contributed by atoms with Crippen LogP contribution in [0.1, 0.15) is 16.1 Å². The first-order chi connectivity index (χ1) is 10.9. The Morgan fingerprint density at radius 2 is 1.96 bits per heavy atom. The smallest absolute Gasteiger partial charge is 0.307 e. The molecule has 1 N–H and O–H groups in total. The van der Waals surface area contributed by atoms with Crippen LogP contribution in [-0.2, 0) is 17.6 Å². The number of halogens is 3. The van der Waals surface area contributed by atoms with E-state index in [-0.39, 0.29) is 11.9 Å². The standard InChI is InChI=1S/C16H10ClF2NO2S/c17-10-4-8(3-9(5-10)7-14(21)22)6-13-20-16-12(23-13)2-1-11(18)15(16)19/h1-5H,6-7H2,(H,21,22). The first kappa shape index (κ1) is 15.8. The molecule has 0 aliphatic carbocycles. The van der Waals surface area contributed by atoms with Crippen molar-refractivity contribution in [2.75, 3.05) is 0 Å². The summed E-state index contributed by atoms with van der Waals surface area (Å²) in [5.74, 6) is -2.83. The van der Waals surface area contributed by atoms with Crippen molar-refractivity contribution >= 4 is 39.1 Å². The number of carboxylic acids is 1. The summed E-state index contributed by atoms with van der Waals surface area (Å²) >= 11 is 7.27. The van der Waals surface area contributed by atoms with Crippen molar-refractivity contribution in [3.8, 4) is 0 Å². The second kappa shape index (κ2) is 6.22. The molecule has 0 fully saturated rings. The molecule has 23 heavy (non-hydrogen) atoms. The van der Waals surface area contributed by atoms with E-state index in [1.54, 1.807) is 18.2 Å². The molecule has 0 unspecified atom stereocenters. The Kier molecular flexibility index (Phi) is 4.28. The molecule has 3 aromatic rings. The van der Waals surface area contributed by atoms with E-state index in [0.29, 0.717) is 26.7 Å². The van der Waals surface area contributed by atoms with Gasteiger partial charge in [0.15, 0.2) is 11.6 Å². The summed E-state index contributed by atoms with van der Waals surface area (Å²) in [6.07, 6.45) is 0.237. The van der Waals surface area contributed by atoms with Crippen molar-refractivity contribution in [2.24, 2.45) is 0 Å². The highest BCUT2D eigenvalue weighted by atomic mass is 35.5. The van der Waals surface area contributed by atoms with Crippen molar-refractivity contribution in [3.63, 3.8) is 0 Å². The number of thiazole rings is 1. The van der Waals surface area contributed by atoms with Crippen LogP contribution in [0, 0.1) is 11.6 Å². The predicted octanol–water partition coefficient (Wildman–Crippen LogP) is 4.45. The molecular formula is C16H10ClF2NO2S. The second-order valence-electron chi connectivity index (χ2n) is 5.03. The molecule has 0 spiro atoms. The lowest BCUT2D eigenvalue weighted by Gasteiger charge is -2.04. The van der Waals surface area contributed by atoms with Crippen LogP contribution in [0.4, 0.5) is 8.78 Å². The van der Waals surface area contributed by atoms with Gasteiger partial charge in [-0.05, 0) is 35.4 Å². The Morgan fingerprint density at radius 1 is 1.22 bits per heavy atom. The molecule has 0 aliphatic rings. The van der Waals surface area contributed by atoms with E-state index in [9.17, 15) is 13.6 Å². The summed E-state index contributed by atoms with van der Waals surface area (Å²) in [4.78, 5) is 14.9. The van der Waals surface area contributed by atoms with Crippen molar-refractivity contribution < 1.29 is 18.7 Å². The number of aliphatic carboxylic acids is 1. The fourth-order valence-corrected chi connectivity index (χ4v) is 3.61. The van der Waals surface area contributed by atoms with Crippen molar-refractivity contribution in [1.29, 1.82) is 0 Å². The van der Waals surface area contributed by atoms with Gasteiger partial charge in [0, 0.05) is 11.4 Å². The van der Waals surface area contributed by atoms with Crippen LogP contribution in [0.25, 0.3) is 10.2 Å². The first-order valence-corrected chi connectivity index (χ1v) is 7.85. The quantitative estimate of drug-likeness (QED) is 0.754. The Balaban J connectivity index is 1.94. The molecule has 0 atom stereocenters. The van der Waals surface area contributed by atoms with Gasteiger partial charge in [-0.15, -0.1) is 11.3 Å². The van der Waals surface area contributed by atoms with Crippen LogP contribution in [0.15, 0.2) is 30.3 Å². The van der Waals surface area contributed by atoms with Crippen LogP contribution >= 0.6 is 22.9 Å². The number of hydrogen-bond acceptors (Lipinski definition) is 3. The molecule has 0 amide bonds. The highest BCUT2D eigenvalue weighted by Gasteiger charge is 2.13. The normalized spacial score (nSPS) is 11.1. The van der Waals surface area contributed by atoms with Gasteiger partial charge in [-0.1, -0.05) is 17.7 Å². The molecule has 0 radical (unpaired) electrons. The molecule has 0 saturated carbocycles. The molecule has 3 rings (SSSR count). The molecule has 1 aromatic heterocycles. The highest BCUT2D eigenvalue weighted by molar-refractivity contribution is 7.18. The van der Waals surface area contributed by atoms with E-state index in [2.05, 4.69) is 4.98 Å². The molecule has 3 nitrogen and oxygen atoms in total. The highest BCUT2D eigenvalue weighted by Crippen LogP contribution is 2.28. The van der Waals surface area contributed by atoms with Gasteiger partial charge in [0.25, 0.3) is 0 Å². The lowest BCUT2D eigenvalue weighted by molar-refractivity contribution is -0.136. The van der Waals surface area contributed by atoms with E-state index in [0.717, 1.165) is 11.6 Å². The summed E-state index contributed by atoms with van der Waals surface area (Å²) in [7, 11) is 0. The number of fused-ring (bicyclic) bond motifs is 1. The van der Waals surface area contributed by atoms with E-state index in [1.165, 1.54) is 17.4 Å². The zero-order chi connectivity index (χ0) is 16.6. The van der Waals surface area contributed by atoms with Gasteiger partial charge in [-0.25, -0.2) is 13.8 Å². The topological polar surface area (TPSA) is 50.2 Å². The number of carboxylic acid groups (broad SMARTS) is 1. The van der Waals surface area contributed by atoms with Crippen LogP contribution in [0.2, 0.25) is 5.02 Å². The Bertz CT molecular complexity index is 910. The van der Waals surface area contributed by atoms with Crippen molar-refractivity contribution in [3.05, 3.63) is 63.1 Å². The van der Waals surface area contributed by atoms with Gasteiger partial charge in [-0.2, -0.15) is 0 Å². The van der Waals surface area contributed by atoms with Crippen molar-refractivity contribution in [1.82, 2.24) is 4.98 Å². The van der Waals surface area contributed by atoms with Crippen LogP contribution < -0.4 is 0 Å². The third kappa shape index (κ3) is 3.48. The number of benzene rings is 2. The van der Waals surface area contributed by atoms with E-state index < -0.39 is 17.6 Å². The molecular weight excluding hydrogens is 344 g/mol. The van der Waals surface area contributed by atoms with Gasteiger partial charge >= 0.3 is 5.97 Å². The average molecular weight is 354 g/mol. The SMILES string of the molecule is O=C(O)Cc1cc(Cl)cc(Cc2nc3c(F)c(F)ccc3s2)c1. The fraction of sp³-hybridized carbons (Fsp3) is 0.125. The maximum atomic E-state index is 13.7. The number of hydrogen-bond donors (Lipinski definition) is 1. The second-order valence-corrected chi connectivity index (χ2v) is 6.58. The average Bonchev–Trinajstić information content (AvgIpc) is 2.85. The summed E-state index contributed by atoms with van der Waals surface area (Å²) in [6.45, 7) is 0. The van der Waals surface area contributed by atoms with Crippen LogP contribution in [-0.4, -0.2) is 16.1 Å². The third-order valence-corrected chi connectivity index (χ3v) is 4.46. The van der Waals surface area contributed by atoms with Gasteiger partial charge in [0.2, 0.25) is 0 Å². The van der Waals surface area contributed by atoms with Gasteiger partial charge < -0.3 is 5.11 Å². The molecule has 0 bridgehead atoms. The lowest BCUT2D eigenvalue weighted by Crippen LogP contribution is -2.01. The van der Waals surface area contributed by atoms with Gasteiger partial charge in [0.1, 0.15) is 5.52 Å². The number of nitrogens with zero attached hydrogens (tertiary/aromatic N) is 1. The number of rotatable bonds is 4. The van der Waals surface area contributed by atoms with Crippen molar-refractivity contribution in [2.45, 2.75) is 12.8 Å². The monoisotopic (exact) mass is 353 g/mol. The minimum Gasteiger partial charge on any atom is -0.481 e. The van der Waals surface area contributed by atoms with Gasteiger partial charge in [-0.3, -0.25) is 4.79 Å². The first-order valence-electron chi connectivity index (χ1n) is 6.66. The minimum absolute atomic E-state index is 0.0118. The Hall–Kier alpha value is -2.05. The lowest BCUT2D eigenvalue weighted by atomic mass is 10.1. The maximum absolute atomic E-state index is 13.7. The molecule has 118 valence electrons. The van der Waals surface area contributed by atoms with E-state index in [4.69, 9.17) is 16.7 Å². The third-order valence-electron chi connectivity index (χ3n) is 3.22. The maximum Gasteiger partial charge on any atom is 0.307 e. The zero-order valence-electron chi connectivity index (χ0n) is 11.6. The van der Waals surface area contributed by atoms with Crippen LogP contribution in [0.3, 0.4) is 0 Å². The molecule has 1 heterocycles. The Morgan fingerprint density at radius 3 is 2.70 bits per heavy atom. The summed E-state index contributed by atoms with van der Waals surface area (Å²) in [5.41, 5.74) is 1.37. The van der Waals surface area contributed by atoms with Gasteiger partial charge in [0.05, 0.1) is 16.1 Å². The van der Waals surface area contributed by atoms with E-state index >= 15 is 0 Å². The molecule has 0 aliphatic heterocycles. The fourth-order valence-electron chi connectivity index (χ4n) is 2.33. The molecule has 7 heteroatoms. The zero-order valence-corrected chi connectivity index (χ0v) is 13.2. The summed E-state index contributed by atoms with van der Waals surface area (Å²) in [6, 6.07) is 7.58. The number of carbonyl (C=O) groups is 1. The summed E-state index contributed by atoms with van der Waals surface area (Å²) < 4.78 is 27.5.